The van der Waals surface area contributed by atoms with E-state index in [2.05, 4.69) is 10.2 Å². The fraction of sp³-hybridized carbons (Fsp3) is 0.211. The van der Waals surface area contributed by atoms with Gasteiger partial charge in [0.1, 0.15) is 17.6 Å². The van der Waals surface area contributed by atoms with Crippen LogP contribution in [0, 0.1) is 6.92 Å². The van der Waals surface area contributed by atoms with Gasteiger partial charge in [0, 0.05) is 16.1 Å². The average molecular weight is 369 g/mol. The maximum atomic E-state index is 9.93. The van der Waals surface area contributed by atoms with Crippen molar-refractivity contribution in [3.8, 4) is 11.4 Å². The van der Waals surface area contributed by atoms with Crippen molar-refractivity contribution in [2.24, 2.45) is 4.99 Å². The Labute approximate surface area is 155 Å². The van der Waals surface area contributed by atoms with Crippen molar-refractivity contribution in [2.75, 3.05) is 13.7 Å². The van der Waals surface area contributed by atoms with Crippen molar-refractivity contribution in [1.82, 2.24) is 14.8 Å². The average Bonchev–Trinajstić information content (AvgIpc) is 2.97. The molecule has 0 aliphatic carbocycles. The molecule has 0 saturated carbocycles. The third-order valence-corrected chi connectivity index (χ3v) is 4.68. The van der Waals surface area contributed by atoms with Crippen molar-refractivity contribution in [3.63, 3.8) is 0 Å². The van der Waals surface area contributed by atoms with Crippen LogP contribution < -0.4 is 4.74 Å². The molecule has 0 fully saturated rings. The summed E-state index contributed by atoms with van der Waals surface area (Å²) in [4.78, 5) is 4.81. The Balaban J connectivity index is 2.03. The zero-order valence-electron chi connectivity index (χ0n) is 14.3. The van der Waals surface area contributed by atoms with Gasteiger partial charge in [-0.05, 0) is 37.3 Å². The highest BCUT2D eigenvalue weighted by Crippen LogP contribution is 2.32. The van der Waals surface area contributed by atoms with Gasteiger partial charge in [-0.25, -0.2) is 0 Å². The molecule has 1 aliphatic heterocycles. The van der Waals surface area contributed by atoms with Crippen LogP contribution in [-0.2, 0) is 0 Å². The topological polar surface area (TPSA) is 72.5 Å². The summed E-state index contributed by atoms with van der Waals surface area (Å²) >= 11 is 6.04. The molecule has 1 atom stereocenters. The molecule has 26 heavy (non-hydrogen) atoms. The Morgan fingerprint density at radius 2 is 1.92 bits per heavy atom. The first kappa shape index (κ1) is 16.8. The molecule has 6 nitrogen and oxygen atoms in total. The predicted octanol–water partition coefficient (Wildman–Crippen LogP) is 3.12. The monoisotopic (exact) mass is 368 g/mol. The van der Waals surface area contributed by atoms with Crippen LogP contribution in [0.3, 0.4) is 0 Å². The lowest BCUT2D eigenvalue weighted by molar-refractivity contribution is 0.263. The Morgan fingerprint density at radius 3 is 2.62 bits per heavy atom. The molecule has 0 amide bonds. The normalized spacial score (nSPS) is 15.7. The summed E-state index contributed by atoms with van der Waals surface area (Å²) < 4.78 is 7.34. The first-order chi connectivity index (χ1) is 12.6. The molecular weight excluding hydrogens is 352 g/mol. The van der Waals surface area contributed by atoms with Gasteiger partial charge in [-0.3, -0.25) is 9.56 Å². The van der Waals surface area contributed by atoms with Crippen LogP contribution in [0.15, 0.2) is 47.5 Å². The van der Waals surface area contributed by atoms with Gasteiger partial charge in [-0.15, -0.1) is 10.2 Å². The Bertz CT molecular complexity index is 995. The number of hydrogen-bond acceptors (Lipinski definition) is 5. The highest BCUT2D eigenvalue weighted by Gasteiger charge is 2.28. The minimum atomic E-state index is -0.514. The van der Waals surface area contributed by atoms with Gasteiger partial charge in [-0.2, -0.15) is 0 Å². The van der Waals surface area contributed by atoms with Crippen LogP contribution in [0.4, 0.5) is 0 Å². The lowest BCUT2D eigenvalue weighted by atomic mass is 10.00. The number of nitrogens with zero attached hydrogens (tertiary/aromatic N) is 4. The summed E-state index contributed by atoms with van der Waals surface area (Å²) in [5.41, 5.74) is 3.43. The molecule has 3 aromatic rings. The second kappa shape index (κ2) is 6.55. The molecule has 0 radical (unpaired) electrons. The van der Waals surface area contributed by atoms with Crippen molar-refractivity contribution < 1.29 is 9.84 Å². The van der Waals surface area contributed by atoms with Crippen LogP contribution in [0.2, 0.25) is 5.02 Å². The Morgan fingerprint density at radius 1 is 1.15 bits per heavy atom. The highest BCUT2D eigenvalue weighted by atomic mass is 35.5. The van der Waals surface area contributed by atoms with Crippen molar-refractivity contribution in [1.29, 1.82) is 0 Å². The summed E-state index contributed by atoms with van der Waals surface area (Å²) in [6.07, 6.45) is 0. The van der Waals surface area contributed by atoms with Gasteiger partial charge in [0.15, 0.2) is 5.82 Å². The van der Waals surface area contributed by atoms with E-state index in [1.165, 1.54) is 0 Å². The molecule has 132 valence electrons. The maximum absolute atomic E-state index is 9.93. The minimum absolute atomic E-state index is 0.166. The number of halogens is 1. The summed E-state index contributed by atoms with van der Waals surface area (Å²) in [5, 5.41) is 19.0. The zero-order chi connectivity index (χ0) is 18.3. The summed E-state index contributed by atoms with van der Waals surface area (Å²) in [7, 11) is 1.63. The van der Waals surface area contributed by atoms with E-state index in [9.17, 15) is 5.11 Å². The predicted molar refractivity (Wildman–Crippen MR) is 99.6 cm³/mol. The standard InChI is InChI=1S/C19H17ClN4O2/c1-11-22-23-19-16(10-25)21-18(12-3-5-13(20)6-4-12)15-9-14(26-2)7-8-17(15)24(11)19/h3-9,16,25H,10H2,1-2H3. The van der Waals surface area contributed by atoms with Crippen LogP contribution in [0.1, 0.15) is 28.8 Å². The van der Waals surface area contributed by atoms with E-state index in [1.54, 1.807) is 7.11 Å². The molecule has 0 spiro atoms. The van der Waals surface area contributed by atoms with Gasteiger partial charge in [0.2, 0.25) is 0 Å². The summed E-state index contributed by atoms with van der Waals surface area (Å²) in [6, 6.07) is 12.7. The molecule has 1 N–H and O–H groups in total. The summed E-state index contributed by atoms with van der Waals surface area (Å²) in [5.74, 6) is 2.07. The second-order valence-electron chi connectivity index (χ2n) is 6.01. The number of aliphatic imine (C=N–C) groups is 1. The number of methoxy groups -OCH3 is 1. The number of aliphatic hydroxyl groups is 1. The lowest BCUT2D eigenvalue weighted by Crippen LogP contribution is -2.09. The van der Waals surface area contributed by atoms with E-state index in [4.69, 9.17) is 21.3 Å². The SMILES string of the molecule is COc1ccc2c(c1)C(c1ccc(Cl)cc1)=NC(CO)c1nnc(C)n1-2. The van der Waals surface area contributed by atoms with Crippen molar-refractivity contribution >= 4 is 17.3 Å². The molecule has 0 saturated heterocycles. The van der Waals surface area contributed by atoms with E-state index in [1.807, 2.05) is 54.0 Å². The number of ether oxygens (including phenoxy) is 1. The van der Waals surface area contributed by atoms with E-state index in [0.29, 0.717) is 10.8 Å². The van der Waals surface area contributed by atoms with Crippen LogP contribution in [0.25, 0.3) is 5.69 Å². The Kier molecular flexibility index (Phi) is 4.22. The van der Waals surface area contributed by atoms with E-state index in [0.717, 1.165) is 34.1 Å². The molecule has 1 aromatic heterocycles. The van der Waals surface area contributed by atoms with E-state index < -0.39 is 6.04 Å². The molecule has 1 aliphatic rings. The third kappa shape index (κ3) is 2.67. The Hall–Kier alpha value is -2.70. The van der Waals surface area contributed by atoms with E-state index >= 15 is 0 Å². The van der Waals surface area contributed by atoms with Crippen LogP contribution >= 0.6 is 11.6 Å². The first-order valence-electron chi connectivity index (χ1n) is 8.17. The van der Waals surface area contributed by atoms with Crippen molar-refractivity contribution in [3.05, 3.63) is 70.3 Å². The maximum Gasteiger partial charge on any atom is 0.164 e. The highest BCUT2D eigenvalue weighted by molar-refractivity contribution is 6.30. The molecule has 1 unspecified atom stereocenters. The summed E-state index contributed by atoms with van der Waals surface area (Å²) in [6.45, 7) is 1.71. The molecule has 7 heteroatoms. The fourth-order valence-electron chi connectivity index (χ4n) is 3.16. The van der Waals surface area contributed by atoms with Gasteiger partial charge in [0.05, 0.1) is 25.1 Å². The number of benzene rings is 2. The van der Waals surface area contributed by atoms with Gasteiger partial charge >= 0.3 is 0 Å². The fourth-order valence-corrected chi connectivity index (χ4v) is 3.29. The largest absolute Gasteiger partial charge is 0.497 e. The zero-order valence-corrected chi connectivity index (χ0v) is 15.1. The number of fused-ring (bicyclic) bond motifs is 3. The second-order valence-corrected chi connectivity index (χ2v) is 6.44. The molecule has 2 heterocycles. The molecule has 4 rings (SSSR count). The number of hydrogen-bond donors (Lipinski definition) is 1. The molecule has 0 bridgehead atoms. The lowest BCUT2D eigenvalue weighted by Gasteiger charge is -2.14. The van der Waals surface area contributed by atoms with E-state index in [-0.39, 0.29) is 6.61 Å². The minimum Gasteiger partial charge on any atom is -0.497 e. The number of aliphatic hydroxyl groups excluding tert-OH is 1. The quantitative estimate of drug-likeness (QED) is 0.771. The smallest absolute Gasteiger partial charge is 0.164 e. The van der Waals surface area contributed by atoms with Crippen molar-refractivity contribution in [2.45, 2.75) is 13.0 Å². The van der Waals surface area contributed by atoms with Crippen LogP contribution in [0.5, 0.6) is 5.75 Å². The number of aryl methyl sites for hydroxylation is 1. The molecular formula is C19H17ClN4O2. The van der Waals surface area contributed by atoms with Gasteiger partial charge in [0.25, 0.3) is 0 Å². The van der Waals surface area contributed by atoms with Gasteiger partial charge in [-0.1, -0.05) is 23.7 Å². The number of aromatic nitrogens is 3. The molecule has 2 aromatic carbocycles. The van der Waals surface area contributed by atoms with Gasteiger partial charge < -0.3 is 9.84 Å². The number of rotatable bonds is 3. The van der Waals surface area contributed by atoms with Crippen LogP contribution in [-0.4, -0.2) is 39.3 Å². The third-order valence-electron chi connectivity index (χ3n) is 4.42. The first-order valence-corrected chi connectivity index (χ1v) is 8.55.